The first-order valence-corrected chi connectivity index (χ1v) is 18.7. The van der Waals surface area contributed by atoms with E-state index in [1.807, 2.05) is 0 Å². The Labute approximate surface area is 337 Å². The molecule has 2 aromatic carbocycles. The van der Waals surface area contributed by atoms with Gasteiger partial charge in [0, 0.05) is 62.3 Å². The number of aliphatic hydroxyl groups excluding tert-OH is 7. The maximum absolute atomic E-state index is 13.6. The van der Waals surface area contributed by atoms with Gasteiger partial charge in [0.15, 0.2) is 0 Å². The van der Waals surface area contributed by atoms with Gasteiger partial charge < -0.3 is 66.8 Å². The van der Waals surface area contributed by atoms with Crippen molar-refractivity contribution in [3.05, 3.63) is 55.6 Å². The van der Waals surface area contributed by atoms with E-state index in [2.05, 4.69) is 21.3 Å². The summed E-state index contributed by atoms with van der Waals surface area (Å²) < 4.78 is 0. The van der Waals surface area contributed by atoms with Crippen molar-refractivity contribution in [1.82, 2.24) is 21.3 Å². The van der Waals surface area contributed by atoms with E-state index in [4.69, 9.17) is 0 Å². The van der Waals surface area contributed by atoms with Crippen LogP contribution in [0, 0.1) is 41.5 Å². The summed E-state index contributed by atoms with van der Waals surface area (Å²) in [6.07, 6.45) is -4.11. The van der Waals surface area contributed by atoms with Crippen molar-refractivity contribution in [2.75, 3.05) is 75.5 Å². The summed E-state index contributed by atoms with van der Waals surface area (Å²) >= 11 is 0. The molecule has 2 rings (SSSR count). The van der Waals surface area contributed by atoms with Crippen LogP contribution in [0.4, 0.5) is 11.4 Å². The number of aliphatic hydroxyl groups is 7. The Kier molecular flexibility index (Phi) is 18.8. The van der Waals surface area contributed by atoms with Crippen LogP contribution in [0.25, 0.3) is 0 Å². The number of carbonyl (C=O) groups is 6. The monoisotopic (exact) mass is 818 g/mol. The molecular formula is C39H58N6O13. The summed E-state index contributed by atoms with van der Waals surface area (Å²) in [6, 6.07) is 0. The van der Waals surface area contributed by atoms with E-state index < -0.39 is 80.1 Å². The minimum Gasteiger partial charge on any atom is -0.395 e. The predicted octanol–water partition coefficient (Wildman–Crippen LogP) is -2.09. The van der Waals surface area contributed by atoms with Gasteiger partial charge in [-0.15, -0.1) is 0 Å². The van der Waals surface area contributed by atoms with Gasteiger partial charge in [-0.05, 0) is 74.9 Å². The van der Waals surface area contributed by atoms with Crippen LogP contribution in [0.1, 0.15) is 88.7 Å². The fourth-order valence-electron chi connectivity index (χ4n) is 7.06. The van der Waals surface area contributed by atoms with Crippen molar-refractivity contribution in [2.45, 2.75) is 73.7 Å². The molecule has 19 heteroatoms. The van der Waals surface area contributed by atoms with Crippen LogP contribution < -0.4 is 31.1 Å². The van der Waals surface area contributed by atoms with E-state index >= 15 is 0 Å². The van der Waals surface area contributed by atoms with E-state index in [0.717, 1.165) is 9.80 Å². The number of rotatable bonds is 20. The second kappa shape index (κ2) is 22.2. The number of nitrogens with one attached hydrogen (secondary N) is 4. The molecule has 0 aliphatic heterocycles. The third-order valence-electron chi connectivity index (χ3n) is 9.63. The zero-order valence-electron chi connectivity index (χ0n) is 34.3. The molecule has 322 valence electrons. The third-order valence-corrected chi connectivity index (χ3v) is 9.63. The molecule has 0 heterocycles. The maximum atomic E-state index is 13.6. The molecule has 58 heavy (non-hydrogen) atoms. The summed E-state index contributed by atoms with van der Waals surface area (Å²) in [5, 5.41) is 78.8. The van der Waals surface area contributed by atoms with Gasteiger partial charge in [-0.2, -0.15) is 0 Å². The Hall–Kier alpha value is -5.02. The minimum absolute atomic E-state index is 0.00299. The molecule has 0 spiro atoms. The van der Waals surface area contributed by atoms with Gasteiger partial charge in [-0.25, -0.2) is 0 Å². The fraction of sp³-hybridized carbons (Fsp3) is 0.538. The topological polar surface area (TPSA) is 299 Å². The van der Waals surface area contributed by atoms with E-state index in [1.54, 1.807) is 13.8 Å². The normalized spacial score (nSPS) is 12.6. The van der Waals surface area contributed by atoms with Crippen LogP contribution in [0.15, 0.2) is 0 Å². The Morgan fingerprint density at radius 1 is 0.466 bits per heavy atom. The molecule has 2 aromatic rings. The molecule has 0 aromatic heterocycles. The minimum atomic E-state index is -1.54. The second-order valence-electron chi connectivity index (χ2n) is 13.9. The molecule has 6 amide bonds. The lowest BCUT2D eigenvalue weighted by Gasteiger charge is -2.33. The average molecular weight is 819 g/mol. The summed E-state index contributed by atoms with van der Waals surface area (Å²) in [4.78, 5) is 83.2. The van der Waals surface area contributed by atoms with Gasteiger partial charge in [0.25, 0.3) is 23.6 Å². The first kappa shape index (κ1) is 49.1. The number of amides is 6. The number of hydrogen-bond acceptors (Lipinski definition) is 13. The quantitative estimate of drug-likeness (QED) is 0.0685. The summed E-state index contributed by atoms with van der Waals surface area (Å²) in [5.74, 6) is -4.06. The van der Waals surface area contributed by atoms with E-state index in [0.29, 0.717) is 0 Å². The average Bonchev–Trinajstić information content (AvgIpc) is 3.16. The number of carbonyl (C=O) groups excluding carboxylic acids is 6. The van der Waals surface area contributed by atoms with Crippen LogP contribution in [0.5, 0.6) is 0 Å². The van der Waals surface area contributed by atoms with Crippen LogP contribution in [0.2, 0.25) is 0 Å². The number of hydrogen-bond donors (Lipinski definition) is 11. The van der Waals surface area contributed by atoms with Crippen molar-refractivity contribution in [3.8, 4) is 0 Å². The smallest absolute Gasteiger partial charge is 0.252 e. The van der Waals surface area contributed by atoms with Crippen molar-refractivity contribution in [3.63, 3.8) is 0 Å². The largest absolute Gasteiger partial charge is 0.395 e. The van der Waals surface area contributed by atoms with Crippen LogP contribution >= 0.6 is 0 Å². The summed E-state index contributed by atoms with van der Waals surface area (Å²) in [7, 11) is 0. The molecule has 2 unspecified atom stereocenters. The first-order valence-electron chi connectivity index (χ1n) is 18.7. The van der Waals surface area contributed by atoms with Crippen molar-refractivity contribution >= 4 is 46.8 Å². The lowest BCUT2D eigenvalue weighted by atomic mass is 9.89. The first-order chi connectivity index (χ1) is 27.2. The Morgan fingerprint density at radius 2 is 0.741 bits per heavy atom. The molecule has 11 N–H and O–H groups in total. The molecular weight excluding hydrogens is 760 g/mol. The van der Waals surface area contributed by atoms with Gasteiger partial charge in [0.05, 0.1) is 69.2 Å². The molecule has 0 aliphatic rings. The summed E-state index contributed by atoms with van der Waals surface area (Å²) in [6.45, 7) is 7.59. The standard InChI is InChI=1S/C39H58N6O13/c1-19-30(36(55)40-9-11-46)21(3)34(23(5)32(19)38(57)42-13-27(52)17-48)44(25(7)50)15-29(54)16-45(26(8)51)35-22(4)31(37(56)41-10-12-47)20(2)33(24(35)6)39(58)43-14-28(53)18-49/h27-29,46-49,52-54H,9-18H2,1-8H3,(H,40,55)(H,41,56)(H,42,57)(H,43,58). The molecule has 0 bridgehead atoms. The predicted molar refractivity (Wildman–Crippen MR) is 213 cm³/mol. The van der Waals surface area contributed by atoms with E-state index in [1.165, 1.54) is 41.5 Å². The molecule has 0 saturated heterocycles. The molecule has 0 saturated carbocycles. The lowest BCUT2D eigenvalue weighted by Crippen LogP contribution is -2.45. The van der Waals surface area contributed by atoms with Crippen LogP contribution in [-0.2, 0) is 9.59 Å². The van der Waals surface area contributed by atoms with E-state index in [-0.39, 0.29) is 106 Å². The second-order valence-corrected chi connectivity index (χ2v) is 13.9. The highest BCUT2D eigenvalue weighted by molar-refractivity contribution is 6.09. The number of benzene rings is 2. The van der Waals surface area contributed by atoms with Gasteiger partial charge in [0.2, 0.25) is 11.8 Å². The Bertz CT molecular complexity index is 1740. The highest BCUT2D eigenvalue weighted by Gasteiger charge is 2.33. The summed E-state index contributed by atoms with van der Waals surface area (Å²) in [5.41, 5.74) is 1.49. The number of nitrogens with zero attached hydrogens (tertiary/aromatic N) is 2. The zero-order chi connectivity index (χ0) is 44.2. The van der Waals surface area contributed by atoms with Crippen molar-refractivity contribution in [2.24, 2.45) is 0 Å². The van der Waals surface area contributed by atoms with Gasteiger partial charge in [-0.1, -0.05) is 0 Å². The van der Waals surface area contributed by atoms with Crippen molar-refractivity contribution < 1.29 is 64.5 Å². The highest BCUT2D eigenvalue weighted by Crippen LogP contribution is 2.37. The lowest BCUT2D eigenvalue weighted by molar-refractivity contribution is -0.117. The molecule has 0 radical (unpaired) electrons. The van der Waals surface area contributed by atoms with Crippen molar-refractivity contribution in [1.29, 1.82) is 0 Å². The molecule has 0 aliphatic carbocycles. The molecule has 19 nitrogen and oxygen atoms in total. The SMILES string of the molecule is CC(=O)N(CC(O)CN(C(C)=O)c1c(C)c(C(=O)NCCO)c(C)c(C(=O)NCC(O)CO)c1C)c1c(C)c(C(=O)NCCO)c(C)c(C(=O)NCC(O)CO)c1C. The Balaban J connectivity index is 2.82. The van der Waals surface area contributed by atoms with E-state index in [9.17, 15) is 64.5 Å². The molecule has 0 fully saturated rings. The fourth-order valence-corrected chi connectivity index (χ4v) is 7.06. The number of anilines is 2. The maximum Gasteiger partial charge on any atom is 0.252 e. The van der Waals surface area contributed by atoms with Crippen LogP contribution in [0.3, 0.4) is 0 Å². The zero-order valence-corrected chi connectivity index (χ0v) is 34.3. The van der Waals surface area contributed by atoms with Gasteiger partial charge in [0.1, 0.15) is 0 Å². The highest BCUT2D eigenvalue weighted by atomic mass is 16.3. The molecule has 2 atom stereocenters. The Morgan fingerprint density at radius 3 is 0.983 bits per heavy atom. The van der Waals surface area contributed by atoms with Gasteiger partial charge in [-0.3, -0.25) is 28.8 Å². The van der Waals surface area contributed by atoms with Crippen LogP contribution in [-0.4, -0.2) is 155 Å². The van der Waals surface area contributed by atoms with Gasteiger partial charge >= 0.3 is 0 Å². The third kappa shape index (κ3) is 11.6.